The van der Waals surface area contributed by atoms with Crippen LogP contribution in [0.4, 0.5) is 0 Å². The first-order valence-electron chi connectivity index (χ1n) is 6.40. The van der Waals surface area contributed by atoms with Crippen molar-refractivity contribution in [1.82, 2.24) is 19.7 Å². The summed E-state index contributed by atoms with van der Waals surface area (Å²) < 4.78 is 12.9. The van der Waals surface area contributed by atoms with Gasteiger partial charge in [-0.05, 0) is 17.7 Å². The Morgan fingerprint density at radius 1 is 1.24 bits per heavy atom. The van der Waals surface area contributed by atoms with Crippen molar-refractivity contribution in [3.63, 3.8) is 0 Å². The first-order chi connectivity index (χ1) is 10.2. The first-order valence-corrected chi connectivity index (χ1v) is 6.40. The SMILES string of the molecule is COc1cc(CN)ccc1Oc1ncnc2c1cnn2C. The zero-order valence-electron chi connectivity index (χ0n) is 11.8. The lowest BCUT2D eigenvalue weighted by molar-refractivity contribution is 0.375. The minimum Gasteiger partial charge on any atom is -0.493 e. The molecular formula is C14H15N5O2. The number of methoxy groups -OCH3 is 1. The third kappa shape index (κ3) is 2.38. The highest BCUT2D eigenvalue weighted by atomic mass is 16.5. The zero-order valence-corrected chi connectivity index (χ0v) is 11.8. The highest BCUT2D eigenvalue weighted by Crippen LogP contribution is 2.33. The lowest BCUT2D eigenvalue weighted by Crippen LogP contribution is -1.99. The molecule has 3 aromatic rings. The molecule has 0 atom stereocenters. The van der Waals surface area contributed by atoms with E-state index >= 15 is 0 Å². The summed E-state index contributed by atoms with van der Waals surface area (Å²) in [6.45, 7) is 0.441. The summed E-state index contributed by atoms with van der Waals surface area (Å²) in [7, 11) is 3.40. The molecule has 2 N–H and O–H groups in total. The number of fused-ring (bicyclic) bond motifs is 1. The maximum absolute atomic E-state index is 5.86. The van der Waals surface area contributed by atoms with E-state index in [-0.39, 0.29) is 0 Å². The minimum absolute atomic E-state index is 0.437. The van der Waals surface area contributed by atoms with E-state index in [2.05, 4.69) is 15.1 Å². The van der Waals surface area contributed by atoms with Crippen LogP contribution in [0.5, 0.6) is 17.4 Å². The summed E-state index contributed by atoms with van der Waals surface area (Å²) in [5.41, 5.74) is 7.30. The largest absolute Gasteiger partial charge is 0.493 e. The average Bonchev–Trinajstić information content (AvgIpc) is 2.90. The molecule has 0 unspecified atom stereocenters. The van der Waals surface area contributed by atoms with Crippen LogP contribution >= 0.6 is 0 Å². The van der Waals surface area contributed by atoms with Crippen molar-refractivity contribution in [3.8, 4) is 17.4 Å². The highest BCUT2D eigenvalue weighted by molar-refractivity contribution is 5.80. The molecule has 0 aliphatic rings. The molecular weight excluding hydrogens is 270 g/mol. The number of nitrogens with zero attached hydrogens (tertiary/aromatic N) is 4. The lowest BCUT2D eigenvalue weighted by Gasteiger charge is -2.11. The van der Waals surface area contributed by atoms with Crippen molar-refractivity contribution in [3.05, 3.63) is 36.3 Å². The van der Waals surface area contributed by atoms with Gasteiger partial charge in [0, 0.05) is 13.6 Å². The molecule has 0 aliphatic heterocycles. The number of ether oxygens (including phenoxy) is 2. The third-order valence-corrected chi connectivity index (χ3v) is 3.16. The second kappa shape index (κ2) is 5.37. The number of rotatable bonds is 4. The van der Waals surface area contributed by atoms with Gasteiger partial charge < -0.3 is 15.2 Å². The number of aromatic nitrogens is 4. The smallest absolute Gasteiger partial charge is 0.233 e. The summed E-state index contributed by atoms with van der Waals surface area (Å²) in [5, 5.41) is 4.90. The Hall–Kier alpha value is -2.67. The van der Waals surface area contributed by atoms with Crippen LogP contribution in [0.2, 0.25) is 0 Å². The van der Waals surface area contributed by atoms with Crippen LogP contribution in [0.3, 0.4) is 0 Å². The van der Waals surface area contributed by atoms with E-state index in [1.807, 2.05) is 25.2 Å². The predicted molar refractivity (Wildman–Crippen MR) is 77.3 cm³/mol. The molecule has 0 bridgehead atoms. The van der Waals surface area contributed by atoms with Crippen molar-refractivity contribution >= 4 is 11.0 Å². The summed E-state index contributed by atoms with van der Waals surface area (Å²) in [5.74, 6) is 1.61. The van der Waals surface area contributed by atoms with Gasteiger partial charge in [0.2, 0.25) is 5.88 Å². The summed E-state index contributed by atoms with van der Waals surface area (Å²) in [6.07, 6.45) is 3.12. The standard InChI is InChI=1S/C14H15N5O2/c1-19-13-10(7-18-19)14(17-8-16-13)21-11-4-3-9(6-15)5-12(11)20-2/h3-5,7-8H,6,15H2,1-2H3. The maximum atomic E-state index is 5.86. The second-order valence-corrected chi connectivity index (χ2v) is 4.48. The van der Waals surface area contributed by atoms with Gasteiger partial charge in [-0.25, -0.2) is 9.97 Å². The van der Waals surface area contributed by atoms with Crippen LogP contribution in [0, 0.1) is 0 Å². The lowest BCUT2D eigenvalue weighted by atomic mass is 10.2. The van der Waals surface area contributed by atoms with E-state index in [1.54, 1.807) is 18.0 Å². The van der Waals surface area contributed by atoms with Crippen molar-refractivity contribution < 1.29 is 9.47 Å². The molecule has 3 rings (SSSR count). The third-order valence-electron chi connectivity index (χ3n) is 3.16. The summed E-state index contributed by atoms with van der Waals surface area (Å²) in [6, 6.07) is 5.54. The molecule has 2 aromatic heterocycles. The Kier molecular flexibility index (Phi) is 3.41. The van der Waals surface area contributed by atoms with Crippen molar-refractivity contribution in [2.45, 2.75) is 6.54 Å². The Labute approximate surface area is 121 Å². The first kappa shape index (κ1) is 13.3. The fourth-order valence-corrected chi connectivity index (χ4v) is 2.05. The molecule has 0 saturated carbocycles. The Balaban J connectivity index is 2.02. The molecule has 0 fully saturated rings. The van der Waals surface area contributed by atoms with Crippen molar-refractivity contribution in [2.24, 2.45) is 12.8 Å². The normalized spacial score (nSPS) is 10.8. The van der Waals surface area contributed by atoms with E-state index in [0.717, 1.165) is 10.9 Å². The molecule has 0 aliphatic carbocycles. The molecule has 0 radical (unpaired) electrons. The fourth-order valence-electron chi connectivity index (χ4n) is 2.05. The Morgan fingerprint density at radius 3 is 2.86 bits per heavy atom. The number of benzene rings is 1. The van der Waals surface area contributed by atoms with Crippen LogP contribution < -0.4 is 15.2 Å². The maximum Gasteiger partial charge on any atom is 0.233 e. The highest BCUT2D eigenvalue weighted by Gasteiger charge is 2.12. The van der Waals surface area contributed by atoms with E-state index in [4.69, 9.17) is 15.2 Å². The van der Waals surface area contributed by atoms with Gasteiger partial charge in [0.15, 0.2) is 17.1 Å². The predicted octanol–water partition coefficient (Wildman–Crippen LogP) is 1.62. The Morgan fingerprint density at radius 2 is 2.10 bits per heavy atom. The van der Waals surface area contributed by atoms with Gasteiger partial charge in [-0.1, -0.05) is 6.07 Å². The number of aryl methyl sites for hydroxylation is 1. The van der Waals surface area contributed by atoms with Gasteiger partial charge in [0.05, 0.1) is 13.3 Å². The molecule has 7 nitrogen and oxygen atoms in total. The molecule has 21 heavy (non-hydrogen) atoms. The number of hydrogen-bond donors (Lipinski definition) is 1. The fraction of sp³-hybridized carbons (Fsp3) is 0.214. The molecule has 0 spiro atoms. The number of nitrogens with two attached hydrogens (primary N) is 1. The van der Waals surface area contributed by atoms with Crippen LogP contribution in [0.15, 0.2) is 30.7 Å². The monoisotopic (exact) mass is 285 g/mol. The van der Waals surface area contributed by atoms with Crippen LogP contribution in [-0.4, -0.2) is 26.9 Å². The van der Waals surface area contributed by atoms with Gasteiger partial charge in [0.1, 0.15) is 11.7 Å². The molecule has 7 heteroatoms. The molecule has 0 saturated heterocycles. The minimum atomic E-state index is 0.437. The zero-order chi connectivity index (χ0) is 14.8. The van der Waals surface area contributed by atoms with Crippen molar-refractivity contribution in [2.75, 3.05) is 7.11 Å². The van der Waals surface area contributed by atoms with Gasteiger partial charge in [0.25, 0.3) is 0 Å². The summed E-state index contributed by atoms with van der Waals surface area (Å²) >= 11 is 0. The van der Waals surface area contributed by atoms with Crippen LogP contribution in [0.1, 0.15) is 5.56 Å². The van der Waals surface area contributed by atoms with E-state index in [0.29, 0.717) is 29.6 Å². The molecule has 0 amide bonds. The summed E-state index contributed by atoms with van der Waals surface area (Å²) in [4.78, 5) is 8.34. The van der Waals surface area contributed by atoms with Gasteiger partial charge >= 0.3 is 0 Å². The van der Waals surface area contributed by atoms with E-state index < -0.39 is 0 Å². The average molecular weight is 285 g/mol. The van der Waals surface area contributed by atoms with E-state index in [1.165, 1.54) is 6.33 Å². The van der Waals surface area contributed by atoms with Gasteiger partial charge in [-0.3, -0.25) is 4.68 Å². The molecule has 108 valence electrons. The number of hydrogen-bond acceptors (Lipinski definition) is 6. The molecule has 1 aromatic carbocycles. The second-order valence-electron chi connectivity index (χ2n) is 4.48. The Bertz CT molecular complexity index is 784. The van der Waals surface area contributed by atoms with E-state index in [9.17, 15) is 0 Å². The van der Waals surface area contributed by atoms with Gasteiger partial charge in [-0.2, -0.15) is 5.10 Å². The van der Waals surface area contributed by atoms with Crippen LogP contribution in [-0.2, 0) is 13.6 Å². The van der Waals surface area contributed by atoms with Crippen molar-refractivity contribution in [1.29, 1.82) is 0 Å². The quantitative estimate of drug-likeness (QED) is 0.783. The molecule has 2 heterocycles. The topological polar surface area (TPSA) is 88.1 Å². The van der Waals surface area contributed by atoms with Crippen LogP contribution in [0.25, 0.3) is 11.0 Å². The van der Waals surface area contributed by atoms with Gasteiger partial charge in [-0.15, -0.1) is 0 Å².